The Morgan fingerprint density at radius 1 is 1.27 bits per heavy atom. The van der Waals surface area contributed by atoms with Gasteiger partial charge in [-0.15, -0.1) is 35.3 Å². The van der Waals surface area contributed by atoms with E-state index in [1.165, 1.54) is 11.3 Å². The molecule has 0 radical (unpaired) electrons. The van der Waals surface area contributed by atoms with Gasteiger partial charge in [-0.05, 0) is 0 Å². The summed E-state index contributed by atoms with van der Waals surface area (Å²) in [7, 11) is 0. The van der Waals surface area contributed by atoms with Crippen LogP contribution in [0.2, 0.25) is 0 Å². The fourth-order valence-electron chi connectivity index (χ4n) is 0.727. The summed E-state index contributed by atoms with van der Waals surface area (Å²) in [6, 6.07) is 0. The standard InChI is InChI=1S/C6H4N2S3/c9-6-4(8-3-11-6)5-7-1-2-10-5/h1-3,9H. The molecular formula is C6H4N2S3. The molecule has 0 N–H and O–H groups in total. The number of thiol groups is 1. The summed E-state index contributed by atoms with van der Waals surface area (Å²) in [5.41, 5.74) is 2.67. The van der Waals surface area contributed by atoms with Gasteiger partial charge in [-0.25, -0.2) is 9.97 Å². The summed E-state index contributed by atoms with van der Waals surface area (Å²) in [5, 5.41) is 2.87. The van der Waals surface area contributed by atoms with Gasteiger partial charge in [0, 0.05) is 11.6 Å². The van der Waals surface area contributed by atoms with Crippen molar-refractivity contribution in [3.63, 3.8) is 0 Å². The third-order valence-corrected chi connectivity index (χ3v) is 3.12. The lowest BCUT2D eigenvalue weighted by Crippen LogP contribution is -1.73. The fraction of sp³-hybridized carbons (Fsp3) is 0. The second-order valence-corrected chi connectivity index (χ2v) is 4.34. The molecule has 56 valence electrons. The molecule has 0 bridgehead atoms. The molecule has 0 saturated heterocycles. The summed E-state index contributed by atoms with van der Waals surface area (Å²) in [4.78, 5) is 8.28. The van der Waals surface area contributed by atoms with Crippen LogP contribution in [-0.4, -0.2) is 9.97 Å². The van der Waals surface area contributed by atoms with Crippen molar-refractivity contribution in [3.05, 3.63) is 17.1 Å². The third kappa shape index (κ3) is 1.31. The first-order valence-corrected chi connectivity index (χ1v) is 5.11. The van der Waals surface area contributed by atoms with Crippen LogP contribution < -0.4 is 0 Å². The van der Waals surface area contributed by atoms with Gasteiger partial charge in [0.05, 0.1) is 9.72 Å². The van der Waals surface area contributed by atoms with Crippen molar-refractivity contribution < 1.29 is 0 Å². The highest BCUT2D eigenvalue weighted by molar-refractivity contribution is 7.83. The number of hydrogen-bond donors (Lipinski definition) is 1. The molecule has 2 aromatic rings. The molecular weight excluding hydrogens is 196 g/mol. The lowest BCUT2D eigenvalue weighted by molar-refractivity contribution is 1.31. The number of thiazole rings is 2. The van der Waals surface area contributed by atoms with Crippen LogP contribution in [0.5, 0.6) is 0 Å². The smallest absolute Gasteiger partial charge is 0.143 e. The molecule has 0 fully saturated rings. The predicted molar refractivity (Wildman–Crippen MR) is 50.5 cm³/mol. The van der Waals surface area contributed by atoms with Crippen LogP contribution >= 0.6 is 35.3 Å². The SMILES string of the molecule is Sc1scnc1-c1nccs1. The van der Waals surface area contributed by atoms with E-state index < -0.39 is 0 Å². The summed E-state index contributed by atoms with van der Waals surface area (Å²) in [5.74, 6) is 0. The highest BCUT2D eigenvalue weighted by Gasteiger charge is 2.06. The monoisotopic (exact) mass is 200 g/mol. The normalized spacial score (nSPS) is 10.3. The van der Waals surface area contributed by atoms with Gasteiger partial charge in [-0.3, -0.25) is 0 Å². The molecule has 0 saturated carbocycles. The van der Waals surface area contributed by atoms with Gasteiger partial charge in [0.1, 0.15) is 10.7 Å². The summed E-state index contributed by atoms with van der Waals surface area (Å²) in [6.07, 6.45) is 1.77. The van der Waals surface area contributed by atoms with Crippen molar-refractivity contribution in [1.82, 2.24) is 9.97 Å². The maximum Gasteiger partial charge on any atom is 0.143 e. The Bertz CT molecular complexity index is 338. The van der Waals surface area contributed by atoms with Gasteiger partial charge in [-0.1, -0.05) is 0 Å². The molecule has 11 heavy (non-hydrogen) atoms. The molecule has 0 atom stereocenters. The van der Waals surface area contributed by atoms with E-state index in [2.05, 4.69) is 22.6 Å². The Hall–Kier alpha value is -0.390. The minimum absolute atomic E-state index is 0.897. The van der Waals surface area contributed by atoms with E-state index in [0.29, 0.717) is 0 Å². The van der Waals surface area contributed by atoms with Crippen LogP contribution in [0.4, 0.5) is 0 Å². The van der Waals surface area contributed by atoms with Crippen molar-refractivity contribution in [1.29, 1.82) is 0 Å². The molecule has 0 aromatic carbocycles. The summed E-state index contributed by atoms with van der Waals surface area (Å²) >= 11 is 7.36. The van der Waals surface area contributed by atoms with Gasteiger partial charge in [0.2, 0.25) is 0 Å². The quantitative estimate of drug-likeness (QED) is 0.716. The van der Waals surface area contributed by atoms with E-state index in [0.717, 1.165) is 14.9 Å². The van der Waals surface area contributed by atoms with Gasteiger partial charge < -0.3 is 0 Å². The number of aromatic nitrogens is 2. The first-order chi connectivity index (χ1) is 5.38. The lowest BCUT2D eigenvalue weighted by atomic mass is 10.5. The first kappa shape index (κ1) is 7.27. The zero-order chi connectivity index (χ0) is 7.68. The molecule has 0 amide bonds. The van der Waals surface area contributed by atoms with Crippen molar-refractivity contribution in [3.8, 4) is 10.7 Å². The van der Waals surface area contributed by atoms with Crippen LogP contribution in [0.1, 0.15) is 0 Å². The molecule has 2 nitrogen and oxygen atoms in total. The Morgan fingerprint density at radius 3 is 2.73 bits per heavy atom. The molecule has 0 aliphatic rings. The van der Waals surface area contributed by atoms with Crippen LogP contribution in [0.25, 0.3) is 10.7 Å². The molecule has 5 heteroatoms. The number of hydrogen-bond acceptors (Lipinski definition) is 5. The van der Waals surface area contributed by atoms with Gasteiger partial charge >= 0.3 is 0 Å². The minimum atomic E-state index is 0.897. The molecule has 0 aliphatic heterocycles. The molecule has 2 rings (SSSR count). The molecule has 0 spiro atoms. The van der Waals surface area contributed by atoms with Gasteiger partial charge in [0.25, 0.3) is 0 Å². The van der Waals surface area contributed by atoms with E-state index in [9.17, 15) is 0 Å². The van der Waals surface area contributed by atoms with Crippen LogP contribution in [0.15, 0.2) is 21.3 Å². The largest absolute Gasteiger partial charge is 0.243 e. The van der Waals surface area contributed by atoms with Crippen LogP contribution in [-0.2, 0) is 0 Å². The Kier molecular flexibility index (Phi) is 1.93. The maximum absolute atomic E-state index is 4.26. The van der Waals surface area contributed by atoms with Crippen molar-refractivity contribution in [2.75, 3.05) is 0 Å². The number of nitrogens with zero attached hydrogens (tertiary/aromatic N) is 2. The lowest BCUT2D eigenvalue weighted by Gasteiger charge is -1.87. The van der Waals surface area contributed by atoms with E-state index in [4.69, 9.17) is 0 Å². The van der Waals surface area contributed by atoms with Crippen molar-refractivity contribution >= 4 is 35.3 Å². The van der Waals surface area contributed by atoms with Crippen LogP contribution in [0.3, 0.4) is 0 Å². The minimum Gasteiger partial charge on any atom is -0.243 e. The second-order valence-electron chi connectivity index (χ2n) is 1.84. The Balaban J connectivity index is 2.53. The van der Waals surface area contributed by atoms with E-state index in [1.807, 2.05) is 5.38 Å². The second kappa shape index (κ2) is 2.92. The highest BCUT2D eigenvalue weighted by Crippen LogP contribution is 2.29. The Morgan fingerprint density at radius 2 is 2.18 bits per heavy atom. The fourth-order valence-corrected chi connectivity index (χ4v) is 2.33. The van der Waals surface area contributed by atoms with Crippen molar-refractivity contribution in [2.24, 2.45) is 0 Å². The average molecular weight is 200 g/mol. The molecule has 2 heterocycles. The third-order valence-electron chi connectivity index (χ3n) is 1.18. The van der Waals surface area contributed by atoms with E-state index >= 15 is 0 Å². The Labute approximate surface area is 77.4 Å². The summed E-state index contributed by atoms with van der Waals surface area (Å²) < 4.78 is 0.931. The zero-order valence-corrected chi connectivity index (χ0v) is 7.92. The average Bonchev–Trinajstić information content (AvgIpc) is 2.55. The van der Waals surface area contributed by atoms with Gasteiger partial charge in [-0.2, -0.15) is 0 Å². The zero-order valence-electron chi connectivity index (χ0n) is 5.39. The van der Waals surface area contributed by atoms with Crippen molar-refractivity contribution in [2.45, 2.75) is 4.21 Å². The van der Waals surface area contributed by atoms with E-state index in [1.54, 1.807) is 23.0 Å². The topological polar surface area (TPSA) is 25.8 Å². The van der Waals surface area contributed by atoms with Gasteiger partial charge in [0.15, 0.2) is 0 Å². The van der Waals surface area contributed by atoms with E-state index in [-0.39, 0.29) is 0 Å². The maximum atomic E-state index is 4.26. The summed E-state index contributed by atoms with van der Waals surface area (Å²) in [6.45, 7) is 0. The van der Waals surface area contributed by atoms with Crippen LogP contribution in [0, 0.1) is 0 Å². The molecule has 0 aliphatic carbocycles. The first-order valence-electron chi connectivity index (χ1n) is 2.90. The number of rotatable bonds is 1. The highest BCUT2D eigenvalue weighted by atomic mass is 32.2. The molecule has 0 unspecified atom stereocenters. The molecule has 2 aromatic heterocycles. The predicted octanol–water partition coefficient (Wildman–Crippen LogP) is 2.56.